The Morgan fingerprint density at radius 3 is 2.45 bits per heavy atom. The standard InChI is InChI=1S/C17H19Cl2N/c1-12-7-8-13(17(19)9-12)10-14(11-20-2)15-5-3-4-6-16(15)18/h3-9,14,20H,10-11H2,1-2H3. The monoisotopic (exact) mass is 307 g/mol. The van der Waals surface area contributed by atoms with Crippen molar-refractivity contribution in [2.24, 2.45) is 0 Å². The predicted octanol–water partition coefficient (Wildman–Crippen LogP) is 4.85. The zero-order chi connectivity index (χ0) is 14.5. The summed E-state index contributed by atoms with van der Waals surface area (Å²) >= 11 is 12.7. The van der Waals surface area contributed by atoms with E-state index >= 15 is 0 Å². The molecular weight excluding hydrogens is 289 g/mol. The summed E-state index contributed by atoms with van der Waals surface area (Å²) in [6.07, 6.45) is 0.879. The Balaban J connectivity index is 2.28. The van der Waals surface area contributed by atoms with E-state index in [9.17, 15) is 0 Å². The molecule has 2 aromatic carbocycles. The molecule has 0 aromatic heterocycles. The quantitative estimate of drug-likeness (QED) is 0.833. The minimum atomic E-state index is 0.314. The van der Waals surface area contributed by atoms with Gasteiger partial charge in [-0.2, -0.15) is 0 Å². The summed E-state index contributed by atoms with van der Waals surface area (Å²) in [4.78, 5) is 0. The summed E-state index contributed by atoms with van der Waals surface area (Å²) in [6, 6.07) is 14.2. The molecule has 0 saturated carbocycles. The molecule has 1 atom stereocenters. The van der Waals surface area contributed by atoms with Crippen molar-refractivity contribution in [2.45, 2.75) is 19.3 Å². The molecule has 0 fully saturated rings. The second kappa shape index (κ2) is 7.12. The van der Waals surface area contributed by atoms with Gasteiger partial charge in [-0.3, -0.25) is 0 Å². The number of hydrogen-bond acceptors (Lipinski definition) is 1. The molecule has 0 aliphatic carbocycles. The molecule has 20 heavy (non-hydrogen) atoms. The summed E-state index contributed by atoms with van der Waals surface area (Å²) in [7, 11) is 1.96. The lowest BCUT2D eigenvalue weighted by Crippen LogP contribution is -2.19. The maximum absolute atomic E-state index is 6.35. The van der Waals surface area contributed by atoms with Crippen LogP contribution in [0.2, 0.25) is 10.0 Å². The first kappa shape index (κ1) is 15.4. The third-order valence-electron chi connectivity index (χ3n) is 3.47. The van der Waals surface area contributed by atoms with Crippen molar-refractivity contribution in [2.75, 3.05) is 13.6 Å². The van der Waals surface area contributed by atoms with Gasteiger partial charge in [-0.1, -0.05) is 53.5 Å². The Kier molecular flexibility index (Phi) is 5.47. The van der Waals surface area contributed by atoms with Crippen LogP contribution in [0, 0.1) is 6.92 Å². The number of aryl methyl sites for hydroxylation is 1. The smallest absolute Gasteiger partial charge is 0.0441 e. The Bertz CT molecular complexity index is 581. The van der Waals surface area contributed by atoms with Crippen LogP contribution >= 0.6 is 23.2 Å². The molecule has 1 nitrogen and oxygen atoms in total. The zero-order valence-corrected chi connectivity index (χ0v) is 13.3. The van der Waals surface area contributed by atoms with E-state index in [0.717, 1.165) is 28.6 Å². The Morgan fingerprint density at radius 2 is 1.80 bits per heavy atom. The normalized spacial score (nSPS) is 12.4. The van der Waals surface area contributed by atoms with Crippen LogP contribution in [-0.2, 0) is 6.42 Å². The van der Waals surface area contributed by atoms with E-state index in [1.54, 1.807) is 0 Å². The lowest BCUT2D eigenvalue weighted by molar-refractivity contribution is 0.626. The summed E-state index contributed by atoms with van der Waals surface area (Å²) in [6.45, 7) is 2.92. The highest BCUT2D eigenvalue weighted by atomic mass is 35.5. The molecule has 0 radical (unpaired) electrons. The van der Waals surface area contributed by atoms with E-state index in [0.29, 0.717) is 5.92 Å². The predicted molar refractivity (Wildman–Crippen MR) is 88.0 cm³/mol. The molecule has 0 amide bonds. The van der Waals surface area contributed by atoms with E-state index in [2.05, 4.69) is 30.4 Å². The molecule has 0 aliphatic heterocycles. The van der Waals surface area contributed by atoms with Crippen LogP contribution in [0.3, 0.4) is 0 Å². The number of hydrogen-bond donors (Lipinski definition) is 1. The van der Waals surface area contributed by atoms with Crippen molar-refractivity contribution in [3.8, 4) is 0 Å². The number of rotatable bonds is 5. The lowest BCUT2D eigenvalue weighted by atomic mass is 9.91. The van der Waals surface area contributed by atoms with Gasteiger partial charge < -0.3 is 5.32 Å². The van der Waals surface area contributed by atoms with Crippen LogP contribution in [0.25, 0.3) is 0 Å². The Morgan fingerprint density at radius 1 is 1.05 bits per heavy atom. The number of nitrogens with one attached hydrogen (secondary N) is 1. The van der Waals surface area contributed by atoms with Gasteiger partial charge in [-0.25, -0.2) is 0 Å². The first-order chi connectivity index (χ1) is 9.61. The van der Waals surface area contributed by atoms with Crippen LogP contribution in [0.15, 0.2) is 42.5 Å². The zero-order valence-electron chi connectivity index (χ0n) is 11.8. The molecular formula is C17H19Cl2N. The fourth-order valence-corrected chi connectivity index (χ4v) is 3.03. The van der Waals surface area contributed by atoms with Crippen LogP contribution in [0.1, 0.15) is 22.6 Å². The highest BCUT2D eigenvalue weighted by Crippen LogP contribution is 2.29. The van der Waals surface area contributed by atoms with E-state index in [4.69, 9.17) is 23.2 Å². The molecule has 0 spiro atoms. The van der Waals surface area contributed by atoms with E-state index in [-0.39, 0.29) is 0 Å². The van der Waals surface area contributed by atoms with Gasteiger partial charge in [0.05, 0.1) is 0 Å². The maximum atomic E-state index is 6.35. The summed E-state index contributed by atoms with van der Waals surface area (Å²) < 4.78 is 0. The van der Waals surface area contributed by atoms with E-state index in [1.807, 2.05) is 31.3 Å². The summed E-state index contributed by atoms with van der Waals surface area (Å²) in [5, 5.41) is 4.89. The van der Waals surface area contributed by atoms with Gasteiger partial charge in [0.15, 0.2) is 0 Å². The third-order valence-corrected chi connectivity index (χ3v) is 4.17. The highest BCUT2D eigenvalue weighted by Gasteiger charge is 2.16. The van der Waals surface area contributed by atoms with Crippen molar-refractivity contribution in [3.63, 3.8) is 0 Å². The second-order valence-electron chi connectivity index (χ2n) is 5.08. The third kappa shape index (κ3) is 3.76. The van der Waals surface area contributed by atoms with Crippen molar-refractivity contribution in [1.29, 1.82) is 0 Å². The molecule has 0 aliphatic rings. The summed E-state index contributed by atoms with van der Waals surface area (Å²) in [5.41, 5.74) is 3.51. The van der Waals surface area contributed by atoms with Crippen LogP contribution in [0.4, 0.5) is 0 Å². The fourth-order valence-electron chi connectivity index (χ4n) is 2.43. The average molecular weight is 308 g/mol. The van der Waals surface area contributed by atoms with Crippen LogP contribution < -0.4 is 5.32 Å². The van der Waals surface area contributed by atoms with Crippen LogP contribution in [-0.4, -0.2) is 13.6 Å². The molecule has 2 rings (SSSR count). The molecule has 0 bridgehead atoms. The van der Waals surface area contributed by atoms with Crippen molar-refractivity contribution >= 4 is 23.2 Å². The van der Waals surface area contributed by atoms with Crippen molar-refractivity contribution in [1.82, 2.24) is 5.32 Å². The van der Waals surface area contributed by atoms with E-state index in [1.165, 1.54) is 11.1 Å². The fraction of sp³-hybridized carbons (Fsp3) is 0.294. The van der Waals surface area contributed by atoms with Gasteiger partial charge in [0.1, 0.15) is 0 Å². The first-order valence-electron chi connectivity index (χ1n) is 6.76. The minimum Gasteiger partial charge on any atom is -0.319 e. The molecule has 1 N–H and O–H groups in total. The van der Waals surface area contributed by atoms with Crippen LogP contribution in [0.5, 0.6) is 0 Å². The molecule has 0 saturated heterocycles. The summed E-state index contributed by atoms with van der Waals surface area (Å²) in [5.74, 6) is 0.314. The van der Waals surface area contributed by atoms with Gasteiger partial charge in [0.25, 0.3) is 0 Å². The topological polar surface area (TPSA) is 12.0 Å². The number of benzene rings is 2. The Hall–Kier alpha value is -1.02. The van der Waals surface area contributed by atoms with Crippen molar-refractivity contribution < 1.29 is 0 Å². The largest absolute Gasteiger partial charge is 0.319 e. The van der Waals surface area contributed by atoms with Gasteiger partial charge in [0, 0.05) is 22.5 Å². The molecule has 106 valence electrons. The molecule has 0 heterocycles. The second-order valence-corrected chi connectivity index (χ2v) is 5.89. The lowest BCUT2D eigenvalue weighted by Gasteiger charge is -2.19. The van der Waals surface area contributed by atoms with Gasteiger partial charge in [0.2, 0.25) is 0 Å². The SMILES string of the molecule is CNCC(Cc1ccc(C)cc1Cl)c1ccccc1Cl. The Labute approximate surface area is 130 Å². The maximum Gasteiger partial charge on any atom is 0.0441 e. The minimum absolute atomic E-state index is 0.314. The van der Waals surface area contributed by atoms with Crippen molar-refractivity contribution in [3.05, 3.63) is 69.2 Å². The molecule has 1 unspecified atom stereocenters. The number of halogens is 2. The van der Waals surface area contributed by atoms with Gasteiger partial charge in [-0.15, -0.1) is 0 Å². The molecule has 2 aromatic rings. The number of likely N-dealkylation sites (N-methyl/N-ethyl adjacent to an activating group) is 1. The van der Waals surface area contributed by atoms with Gasteiger partial charge in [-0.05, 0) is 49.2 Å². The average Bonchev–Trinajstić information content (AvgIpc) is 2.42. The van der Waals surface area contributed by atoms with Gasteiger partial charge >= 0.3 is 0 Å². The molecule has 3 heteroatoms. The highest BCUT2D eigenvalue weighted by molar-refractivity contribution is 6.31. The van der Waals surface area contributed by atoms with E-state index < -0.39 is 0 Å². The first-order valence-corrected chi connectivity index (χ1v) is 7.51.